The zero-order chi connectivity index (χ0) is 18.5. The van der Waals surface area contributed by atoms with E-state index in [1.54, 1.807) is 12.1 Å². The Balaban J connectivity index is 1.68. The van der Waals surface area contributed by atoms with Crippen molar-refractivity contribution in [2.24, 2.45) is 0 Å². The second kappa shape index (κ2) is 8.93. The summed E-state index contributed by atoms with van der Waals surface area (Å²) in [5.74, 6) is -0.0788. The Morgan fingerprint density at radius 1 is 1.19 bits per heavy atom. The second-order valence-electron chi connectivity index (χ2n) is 7.47. The number of benzene rings is 1. The van der Waals surface area contributed by atoms with Gasteiger partial charge >= 0.3 is 0 Å². The SMILES string of the molecule is CC(C)N1CC(OCc2ccc(F)cc2)CN(C2CCOCC2)CC1=O. The third kappa shape index (κ3) is 5.02. The molecule has 2 fully saturated rings. The van der Waals surface area contributed by atoms with Crippen molar-refractivity contribution in [2.75, 3.05) is 32.8 Å². The van der Waals surface area contributed by atoms with Crippen molar-refractivity contribution in [3.8, 4) is 0 Å². The molecular formula is C20H29FN2O3. The van der Waals surface area contributed by atoms with Gasteiger partial charge in [0.2, 0.25) is 5.91 Å². The van der Waals surface area contributed by atoms with Gasteiger partial charge in [-0.2, -0.15) is 0 Å². The minimum atomic E-state index is -0.245. The van der Waals surface area contributed by atoms with Crippen LogP contribution < -0.4 is 0 Å². The van der Waals surface area contributed by atoms with E-state index in [9.17, 15) is 9.18 Å². The van der Waals surface area contributed by atoms with E-state index in [2.05, 4.69) is 4.90 Å². The highest BCUT2D eigenvalue weighted by Gasteiger charge is 2.33. The molecule has 0 radical (unpaired) electrons. The van der Waals surface area contributed by atoms with Crippen molar-refractivity contribution < 1.29 is 18.7 Å². The van der Waals surface area contributed by atoms with Gasteiger partial charge in [-0.3, -0.25) is 9.69 Å². The van der Waals surface area contributed by atoms with Crippen molar-refractivity contribution in [3.05, 3.63) is 35.6 Å². The van der Waals surface area contributed by atoms with E-state index in [1.807, 2.05) is 18.7 Å². The average Bonchev–Trinajstić information content (AvgIpc) is 2.81. The molecule has 2 aliphatic heterocycles. The summed E-state index contributed by atoms with van der Waals surface area (Å²) in [5, 5.41) is 0. The topological polar surface area (TPSA) is 42.0 Å². The maximum absolute atomic E-state index is 13.1. The fraction of sp³-hybridized carbons (Fsp3) is 0.650. The van der Waals surface area contributed by atoms with Gasteiger partial charge in [0, 0.05) is 38.4 Å². The molecular weight excluding hydrogens is 335 g/mol. The van der Waals surface area contributed by atoms with Crippen LogP contribution in [0.5, 0.6) is 0 Å². The number of carbonyl (C=O) groups is 1. The fourth-order valence-corrected chi connectivity index (χ4v) is 3.70. The molecule has 1 aromatic rings. The number of amides is 1. The number of carbonyl (C=O) groups excluding carboxylic acids is 1. The highest BCUT2D eigenvalue weighted by molar-refractivity contribution is 5.79. The first kappa shape index (κ1) is 19.3. The minimum absolute atomic E-state index is 0.0586. The molecule has 2 aliphatic rings. The standard InChI is InChI=1S/C20H29FN2O3/c1-15(2)23-12-19(26-14-16-3-5-17(21)6-4-16)11-22(13-20(23)24)18-7-9-25-10-8-18/h3-6,15,18-19H,7-14H2,1-2H3. The lowest BCUT2D eigenvalue weighted by Gasteiger charge is -2.34. The average molecular weight is 364 g/mol. The molecule has 0 bridgehead atoms. The molecule has 2 heterocycles. The summed E-state index contributed by atoms with van der Waals surface area (Å²) in [5.41, 5.74) is 0.940. The summed E-state index contributed by atoms with van der Waals surface area (Å²) in [6, 6.07) is 6.90. The van der Waals surface area contributed by atoms with Crippen molar-refractivity contribution in [3.63, 3.8) is 0 Å². The van der Waals surface area contributed by atoms with E-state index in [0.717, 1.165) is 38.2 Å². The van der Waals surface area contributed by atoms with Gasteiger partial charge in [0.15, 0.2) is 0 Å². The quantitative estimate of drug-likeness (QED) is 0.805. The van der Waals surface area contributed by atoms with Gasteiger partial charge in [0.25, 0.3) is 0 Å². The van der Waals surface area contributed by atoms with Crippen LogP contribution >= 0.6 is 0 Å². The maximum Gasteiger partial charge on any atom is 0.237 e. The molecule has 1 aromatic carbocycles. The third-order valence-electron chi connectivity index (χ3n) is 5.23. The Bertz CT molecular complexity index is 587. The number of nitrogens with zero attached hydrogens (tertiary/aromatic N) is 2. The normalized spacial score (nSPS) is 23.5. The first-order chi connectivity index (χ1) is 12.5. The summed E-state index contributed by atoms with van der Waals surface area (Å²) in [7, 11) is 0. The van der Waals surface area contributed by atoms with E-state index in [1.165, 1.54) is 12.1 Å². The number of hydrogen-bond donors (Lipinski definition) is 0. The molecule has 6 heteroatoms. The predicted molar refractivity (Wildman–Crippen MR) is 97.2 cm³/mol. The molecule has 5 nitrogen and oxygen atoms in total. The largest absolute Gasteiger partial charge is 0.381 e. The van der Waals surface area contributed by atoms with E-state index in [-0.39, 0.29) is 23.9 Å². The zero-order valence-corrected chi connectivity index (χ0v) is 15.7. The van der Waals surface area contributed by atoms with E-state index in [4.69, 9.17) is 9.47 Å². The van der Waals surface area contributed by atoms with Crippen LogP contribution in [0, 0.1) is 5.82 Å². The Hall–Kier alpha value is -1.50. The summed E-state index contributed by atoms with van der Waals surface area (Å²) >= 11 is 0. The molecule has 0 aliphatic carbocycles. The Morgan fingerprint density at radius 3 is 2.54 bits per heavy atom. The second-order valence-corrected chi connectivity index (χ2v) is 7.47. The van der Waals surface area contributed by atoms with Gasteiger partial charge in [-0.15, -0.1) is 0 Å². The van der Waals surface area contributed by atoms with Gasteiger partial charge in [-0.25, -0.2) is 4.39 Å². The predicted octanol–water partition coefficient (Wildman–Crippen LogP) is 2.44. The van der Waals surface area contributed by atoms with Gasteiger partial charge in [-0.05, 0) is 44.4 Å². The molecule has 1 atom stereocenters. The summed E-state index contributed by atoms with van der Waals surface area (Å²) in [4.78, 5) is 16.9. The lowest BCUT2D eigenvalue weighted by atomic mass is 10.1. The minimum Gasteiger partial charge on any atom is -0.381 e. The molecule has 0 aromatic heterocycles. The lowest BCUT2D eigenvalue weighted by Crippen LogP contribution is -2.45. The van der Waals surface area contributed by atoms with Crippen LogP contribution in [0.15, 0.2) is 24.3 Å². The maximum atomic E-state index is 13.1. The molecule has 3 rings (SSSR count). The van der Waals surface area contributed by atoms with E-state index >= 15 is 0 Å². The number of rotatable bonds is 5. The summed E-state index contributed by atoms with van der Waals surface area (Å²) in [6.07, 6.45) is 1.86. The monoisotopic (exact) mass is 364 g/mol. The van der Waals surface area contributed by atoms with Crippen molar-refractivity contribution in [1.29, 1.82) is 0 Å². The molecule has 0 saturated carbocycles. The molecule has 1 amide bonds. The number of halogens is 1. The van der Waals surface area contributed by atoms with E-state index in [0.29, 0.717) is 25.7 Å². The lowest BCUT2D eigenvalue weighted by molar-refractivity contribution is -0.134. The highest BCUT2D eigenvalue weighted by Crippen LogP contribution is 2.20. The van der Waals surface area contributed by atoms with Gasteiger partial charge in [0.05, 0.1) is 19.3 Å². The van der Waals surface area contributed by atoms with Gasteiger partial charge in [0.1, 0.15) is 5.82 Å². The fourth-order valence-electron chi connectivity index (χ4n) is 3.70. The Kier molecular flexibility index (Phi) is 6.62. The molecule has 0 spiro atoms. The van der Waals surface area contributed by atoms with Crippen LogP contribution in [0.25, 0.3) is 0 Å². The van der Waals surface area contributed by atoms with Crippen LogP contribution in [-0.2, 0) is 20.9 Å². The smallest absolute Gasteiger partial charge is 0.237 e. The van der Waals surface area contributed by atoms with Gasteiger partial charge in [-0.1, -0.05) is 12.1 Å². The van der Waals surface area contributed by atoms with Crippen molar-refractivity contribution in [2.45, 2.75) is 51.5 Å². The zero-order valence-electron chi connectivity index (χ0n) is 15.7. The molecule has 144 valence electrons. The molecule has 0 N–H and O–H groups in total. The Morgan fingerprint density at radius 2 is 1.88 bits per heavy atom. The van der Waals surface area contributed by atoms with E-state index < -0.39 is 0 Å². The first-order valence-corrected chi connectivity index (χ1v) is 9.50. The molecule has 26 heavy (non-hydrogen) atoms. The van der Waals surface area contributed by atoms with Crippen molar-refractivity contribution >= 4 is 5.91 Å². The number of ether oxygens (including phenoxy) is 2. The van der Waals surface area contributed by atoms with Crippen LogP contribution in [0.1, 0.15) is 32.3 Å². The third-order valence-corrected chi connectivity index (χ3v) is 5.23. The van der Waals surface area contributed by atoms with Crippen LogP contribution in [0.4, 0.5) is 4.39 Å². The van der Waals surface area contributed by atoms with Crippen LogP contribution in [0.2, 0.25) is 0 Å². The summed E-state index contributed by atoms with van der Waals surface area (Å²) in [6.45, 7) is 7.79. The Labute approximate surface area is 155 Å². The first-order valence-electron chi connectivity index (χ1n) is 9.50. The summed E-state index contributed by atoms with van der Waals surface area (Å²) < 4.78 is 24.7. The number of hydrogen-bond acceptors (Lipinski definition) is 4. The molecule has 2 saturated heterocycles. The van der Waals surface area contributed by atoms with Crippen LogP contribution in [0.3, 0.4) is 0 Å². The molecule has 1 unspecified atom stereocenters. The van der Waals surface area contributed by atoms with Gasteiger partial charge < -0.3 is 14.4 Å². The van der Waals surface area contributed by atoms with Crippen LogP contribution in [-0.4, -0.2) is 66.7 Å². The van der Waals surface area contributed by atoms with Crippen molar-refractivity contribution in [1.82, 2.24) is 9.80 Å². The highest BCUT2D eigenvalue weighted by atomic mass is 19.1.